The summed E-state index contributed by atoms with van der Waals surface area (Å²) in [6.45, 7) is 0. The standard InChI is InChI=1S/C24H19Cl2NO5S/c1-32-18-7-9-23-21(13-18)16(5-10-24(28)29)14-27(23)33(30,31)19-4-2-3-15(11-19)20-8-6-17(25)12-22(20)26/h2-4,6-9,11-14H,5,10H2,1H3,(H,28,29). The molecule has 33 heavy (non-hydrogen) atoms. The maximum Gasteiger partial charge on any atom is 0.303 e. The average Bonchev–Trinajstić information content (AvgIpc) is 3.16. The Morgan fingerprint density at radius 1 is 1.06 bits per heavy atom. The lowest BCUT2D eigenvalue weighted by Gasteiger charge is -2.11. The SMILES string of the molecule is COc1ccc2c(c1)c(CCC(=O)O)cn2S(=O)(=O)c1cccc(-c2ccc(Cl)cc2Cl)c1. The smallest absolute Gasteiger partial charge is 0.303 e. The van der Waals surface area contributed by atoms with E-state index in [0.29, 0.717) is 43.4 Å². The van der Waals surface area contributed by atoms with Crippen molar-refractivity contribution < 1.29 is 23.1 Å². The number of aryl methyl sites for hydroxylation is 1. The highest BCUT2D eigenvalue weighted by molar-refractivity contribution is 7.90. The predicted octanol–water partition coefficient (Wildman–Crippen LogP) is 5.88. The van der Waals surface area contributed by atoms with E-state index in [9.17, 15) is 13.2 Å². The largest absolute Gasteiger partial charge is 0.497 e. The topological polar surface area (TPSA) is 85.6 Å². The molecule has 0 unspecified atom stereocenters. The number of carboxylic acids is 1. The monoisotopic (exact) mass is 503 g/mol. The maximum atomic E-state index is 13.6. The second-order valence-electron chi connectivity index (χ2n) is 7.38. The van der Waals surface area contributed by atoms with Crippen molar-refractivity contribution >= 4 is 50.1 Å². The van der Waals surface area contributed by atoms with E-state index in [4.69, 9.17) is 33.0 Å². The number of fused-ring (bicyclic) bond motifs is 1. The van der Waals surface area contributed by atoms with Crippen LogP contribution in [0, 0.1) is 0 Å². The van der Waals surface area contributed by atoms with Crippen LogP contribution in [-0.4, -0.2) is 30.6 Å². The summed E-state index contributed by atoms with van der Waals surface area (Å²) in [6, 6.07) is 16.5. The Morgan fingerprint density at radius 2 is 1.85 bits per heavy atom. The van der Waals surface area contributed by atoms with E-state index in [1.54, 1.807) is 54.6 Å². The van der Waals surface area contributed by atoms with E-state index in [1.165, 1.54) is 23.3 Å². The van der Waals surface area contributed by atoms with Crippen LogP contribution in [0.3, 0.4) is 0 Å². The van der Waals surface area contributed by atoms with Crippen molar-refractivity contribution in [1.29, 1.82) is 0 Å². The van der Waals surface area contributed by atoms with Gasteiger partial charge in [-0.05, 0) is 60.0 Å². The van der Waals surface area contributed by atoms with Crippen molar-refractivity contribution in [1.82, 2.24) is 3.97 Å². The van der Waals surface area contributed by atoms with E-state index >= 15 is 0 Å². The first kappa shape index (κ1) is 23.2. The third-order valence-corrected chi connectivity index (χ3v) is 7.52. The van der Waals surface area contributed by atoms with Crippen LogP contribution in [0.25, 0.3) is 22.0 Å². The van der Waals surface area contributed by atoms with Gasteiger partial charge < -0.3 is 9.84 Å². The third kappa shape index (κ3) is 4.57. The van der Waals surface area contributed by atoms with Crippen molar-refractivity contribution in [2.75, 3.05) is 7.11 Å². The van der Waals surface area contributed by atoms with Gasteiger partial charge in [0.25, 0.3) is 10.0 Å². The lowest BCUT2D eigenvalue weighted by molar-refractivity contribution is -0.136. The summed E-state index contributed by atoms with van der Waals surface area (Å²) in [5.74, 6) is -0.414. The molecule has 0 spiro atoms. The summed E-state index contributed by atoms with van der Waals surface area (Å²) in [5, 5.41) is 10.6. The lowest BCUT2D eigenvalue weighted by Crippen LogP contribution is -2.12. The zero-order valence-corrected chi connectivity index (χ0v) is 19.8. The Balaban J connectivity index is 1.85. The van der Waals surface area contributed by atoms with E-state index < -0.39 is 16.0 Å². The zero-order valence-electron chi connectivity index (χ0n) is 17.5. The highest BCUT2D eigenvalue weighted by Gasteiger charge is 2.23. The highest BCUT2D eigenvalue weighted by atomic mass is 35.5. The zero-order chi connectivity index (χ0) is 23.8. The summed E-state index contributed by atoms with van der Waals surface area (Å²) >= 11 is 12.3. The number of nitrogens with zero attached hydrogens (tertiary/aromatic N) is 1. The quantitative estimate of drug-likeness (QED) is 0.340. The van der Waals surface area contributed by atoms with Crippen LogP contribution < -0.4 is 4.74 Å². The molecule has 1 heterocycles. The first-order valence-electron chi connectivity index (χ1n) is 9.91. The molecule has 6 nitrogen and oxygen atoms in total. The van der Waals surface area contributed by atoms with Crippen molar-refractivity contribution in [2.24, 2.45) is 0 Å². The number of methoxy groups -OCH3 is 1. The summed E-state index contributed by atoms with van der Waals surface area (Å²) in [7, 11) is -2.48. The molecular weight excluding hydrogens is 485 g/mol. The molecule has 0 saturated heterocycles. The number of rotatable bonds is 7. The molecule has 0 amide bonds. The first-order chi connectivity index (χ1) is 15.7. The van der Waals surface area contributed by atoms with Gasteiger partial charge >= 0.3 is 5.97 Å². The normalized spacial score (nSPS) is 11.6. The summed E-state index contributed by atoms with van der Waals surface area (Å²) < 4.78 is 33.7. The molecule has 9 heteroatoms. The molecule has 4 rings (SSSR count). The fraction of sp³-hybridized carbons (Fsp3) is 0.125. The maximum absolute atomic E-state index is 13.6. The predicted molar refractivity (Wildman–Crippen MR) is 129 cm³/mol. The fourth-order valence-corrected chi connectivity index (χ4v) is 5.63. The molecule has 3 aromatic carbocycles. The number of carbonyl (C=O) groups is 1. The lowest BCUT2D eigenvalue weighted by atomic mass is 10.1. The van der Waals surface area contributed by atoms with Gasteiger partial charge in [0, 0.05) is 33.6 Å². The number of benzene rings is 3. The average molecular weight is 504 g/mol. The molecule has 0 saturated carbocycles. The van der Waals surface area contributed by atoms with Crippen LogP contribution in [0.1, 0.15) is 12.0 Å². The molecule has 0 fully saturated rings. The number of hydrogen-bond donors (Lipinski definition) is 1. The molecule has 170 valence electrons. The number of halogens is 2. The second-order valence-corrected chi connectivity index (χ2v) is 10.0. The molecule has 4 aromatic rings. The second kappa shape index (κ2) is 9.09. The van der Waals surface area contributed by atoms with Gasteiger partial charge in [0.1, 0.15) is 5.75 Å². The van der Waals surface area contributed by atoms with Gasteiger partial charge in [0.2, 0.25) is 0 Å². The van der Waals surface area contributed by atoms with Crippen LogP contribution in [0.5, 0.6) is 5.75 Å². The van der Waals surface area contributed by atoms with Crippen LogP contribution in [0.2, 0.25) is 10.0 Å². The number of carboxylic acid groups (broad SMARTS) is 1. The van der Waals surface area contributed by atoms with Gasteiger partial charge in [-0.1, -0.05) is 41.4 Å². The van der Waals surface area contributed by atoms with E-state index in [-0.39, 0.29) is 17.7 Å². The molecule has 0 radical (unpaired) electrons. The first-order valence-corrected chi connectivity index (χ1v) is 12.1. The number of aliphatic carboxylic acids is 1. The molecule has 0 bridgehead atoms. The Bertz CT molecular complexity index is 1480. The highest BCUT2D eigenvalue weighted by Crippen LogP contribution is 2.34. The molecular formula is C24H19Cl2NO5S. The van der Waals surface area contributed by atoms with Gasteiger partial charge in [0.05, 0.1) is 17.5 Å². The Morgan fingerprint density at radius 3 is 2.55 bits per heavy atom. The Labute approximate surface area is 201 Å². The number of hydrogen-bond acceptors (Lipinski definition) is 4. The van der Waals surface area contributed by atoms with Crippen LogP contribution >= 0.6 is 23.2 Å². The summed E-state index contributed by atoms with van der Waals surface area (Å²) in [5.41, 5.74) is 2.32. The van der Waals surface area contributed by atoms with Gasteiger partial charge in [-0.3, -0.25) is 4.79 Å². The van der Waals surface area contributed by atoms with E-state index in [1.807, 2.05) is 0 Å². The molecule has 0 aliphatic heterocycles. The fourth-order valence-electron chi connectivity index (χ4n) is 3.67. The van der Waals surface area contributed by atoms with Crippen LogP contribution in [0.4, 0.5) is 0 Å². The van der Waals surface area contributed by atoms with E-state index in [2.05, 4.69) is 0 Å². The minimum atomic E-state index is -4.00. The Kier molecular flexibility index (Phi) is 6.38. The minimum absolute atomic E-state index is 0.0727. The molecule has 1 N–H and O–H groups in total. The van der Waals surface area contributed by atoms with Crippen molar-refractivity contribution in [3.8, 4) is 16.9 Å². The minimum Gasteiger partial charge on any atom is -0.497 e. The van der Waals surface area contributed by atoms with Crippen LogP contribution in [-0.2, 0) is 21.2 Å². The van der Waals surface area contributed by atoms with Gasteiger partial charge in [-0.15, -0.1) is 0 Å². The van der Waals surface area contributed by atoms with Crippen molar-refractivity contribution in [3.63, 3.8) is 0 Å². The number of ether oxygens (including phenoxy) is 1. The molecule has 0 aliphatic carbocycles. The van der Waals surface area contributed by atoms with Crippen molar-refractivity contribution in [2.45, 2.75) is 17.7 Å². The van der Waals surface area contributed by atoms with Gasteiger partial charge in [-0.25, -0.2) is 12.4 Å². The van der Waals surface area contributed by atoms with Gasteiger partial charge in [0.15, 0.2) is 0 Å². The van der Waals surface area contributed by atoms with Gasteiger partial charge in [-0.2, -0.15) is 0 Å². The molecule has 1 aromatic heterocycles. The molecule has 0 aliphatic rings. The Hall–Kier alpha value is -3.00. The molecule has 0 atom stereocenters. The summed E-state index contributed by atoms with van der Waals surface area (Å²) in [6.07, 6.45) is 1.53. The third-order valence-electron chi connectivity index (χ3n) is 5.30. The van der Waals surface area contributed by atoms with Crippen molar-refractivity contribution in [3.05, 3.63) is 82.5 Å². The summed E-state index contributed by atoms with van der Waals surface area (Å²) in [4.78, 5) is 11.2. The van der Waals surface area contributed by atoms with E-state index in [0.717, 1.165) is 0 Å². The van der Waals surface area contributed by atoms with Crippen LogP contribution in [0.15, 0.2) is 71.8 Å². The number of aromatic nitrogens is 1.